The van der Waals surface area contributed by atoms with Crippen LogP contribution in [0.25, 0.3) is 0 Å². The maximum absolute atomic E-state index is 12.5. The van der Waals surface area contributed by atoms with Gasteiger partial charge in [-0.05, 0) is 19.4 Å². The topological polar surface area (TPSA) is 118 Å². The van der Waals surface area contributed by atoms with Crippen molar-refractivity contribution in [3.63, 3.8) is 0 Å². The quantitative estimate of drug-likeness (QED) is 0.719. The average Bonchev–Trinajstić information content (AvgIpc) is 2.90. The van der Waals surface area contributed by atoms with Crippen LogP contribution < -0.4 is 15.4 Å². The number of hydrogen-bond donors (Lipinski definition) is 2. The lowest BCUT2D eigenvalue weighted by Crippen LogP contribution is -2.71. The summed E-state index contributed by atoms with van der Waals surface area (Å²) in [5.41, 5.74) is 0.736. The molecule has 0 saturated carbocycles. The fourth-order valence-electron chi connectivity index (χ4n) is 3.77. The summed E-state index contributed by atoms with van der Waals surface area (Å²) in [6.07, 6.45) is 1.91. The minimum atomic E-state index is -3.41. The van der Waals surface area contributed by atoms with E-state index in [-0.39, 0.29) is 37.3 Å². The van der Waals surface area contributed by atoms with Gasteiger partial charge in [0.2, 0.25) is 11.8 Å². The second-order valence-corrected chi connectivity index (χ2v) is 9.21. The van der Waals surface area contributed by atoms with Crippen molar-refractivity contribution in [2.45, 2.75) is 24.6 Å². The zero-order valence-corrected chi connectivity index (χ0v) is 16.2. The van der Waals surface area contributed by atoms with Gasteiger partial charge in [0.1, 0.15) is 4.75 Å². The summed E-state index contributed by atoms with van der Waals surface area (Å²) in [4.78, 5) is 30.1. The summed E-state index contributed by atoms with van der Waals surface area (Å²) in [5, 5.41) is 5.30. The molecule has 2 saturated heterocycles. The Morgan fingerprint density at radius 2 is 2.15 bits per heavy atom. The van der Waals surface area contributed by atoms with Crippen molar-refractivity contribution in [1.82, 2.24) is 20.5 Å². The first-order chi connectivity index (χ1) is 12.8. The number of ether oxygens (including phenoxy) is 1. The maximum Gasteiger partial charge on any atom is 0.317 e. The van der Waals surface area contributed by atoms with E-state index in [4.69, 9.17) is 4.74 Å². The van der Waals surface area contributed by atoms with Crippen molar-refractivity contribution in [3.05, 3.63) is 23.9 Å². The highest BCUT2D eigenvalue weighted by atomic mass is 32.2. The predicted molar refractivity (Wildman–Crippen MR) is 97.9 cm³/mol. The summed E-state index contributed by atoms with van der Waals surface area (Å²) in [5.74, 6) is -0.459. The van der Waals surface area contributed by atoms with Crippen LogP contribution in [0.15, 0.2) is 18.3 Å². The summed E-state index contributed by atoms with van der Waals surface area (Å²) in [6.45, 7) is 2.60. The number of aromatic nitrogens is 1. The number of likely N-dealkylation sites (tertiary alicyclic amines) is 1. The first-order valence-electron chi connectivity index (χ1n) is 8.88. The first kappa shape index (κ1) is 19.4. The van der Waals surface area contributed by atoms with Crippen LogP contribution >= 0.6 is 0 Å². The van der Waals surface area contributed by atoms with Gasteiger partial charge in [-0.1, -0.05) is 6.07 Å². The molecule has 0 aliphatic carbocycles. The summed E-state index contributed by atoms with van der Waals surface area (Å²) in [7, 11) is -1.92. The molecule has 2 aliphatic heterocycles. The molecule has 27 heavy (non-hydrogen) atoms. The van der Waals surface area contributed by atoms with E-state index in [1.807, 2.05) is 6.92 Å². The molecule has 148 valence electrons. The Labute approximate surface area is 158 Å². The molecule has 2 aliphatic rings. The Hall–Kier alpha value is -2.36. The van der Waals surface area contributed by atoms with Gasteiger partial charge in [-0.2, -0.15) is 0 Å². The Morgan fingerprint density at radius 3 is 2.81 bits per heavy atom. The number of pyridine rings is 1. The Kier molecular flexibility index (Phi) is 5.27. The van der Waals surface area contributed by atoms with E-state index >= 15 is 0 Å². The molecule has 0 radical (unpaired) electrons. The third-order valence-electron chi connectivity index (χ3n) is 5.26. The SMILES string of the molecule is CCOc1ncccc1CNC(=O)N1CC2(C1)C(C(=O)NC)CCS2(=O)=O. The number of sulfone groups is 1. The summed E-state index contributed by atoms with van der Waals surface area (Å²) < 4.78 is 29.3. The molecule has 0 bridgehead atoms. The minimum absolute atomic E-state index is 0.0199. The van der Waals surface area contributed by atoms with E-state index in [1.165, 1.54) is 11.9 Å². The first-order valence-corrected chi connectivity index (χ1v) is 10.5. The number of carbonyl (C=O) groups excluding carboxylic acids is 2. The molecular formula is C17H24N4O5S. The van der Waals surface area contributed by atoms with Gasteiger partial charge < -0.3 is 20.3 Å². The predicted octanol–water partition coefficient (Wildman–Crippen LogP) is -0.0750. The molecule has 2 N–H and O–H groups in total. The zero-order valence-electron chi connectivity index (χ0n) is 15.4. The molecule has 1 aromatic heterocycles. The van der Waals surface area contributed by atoms with Gasteiger partial charge in [-0.3, -0.25) is 4.79 Å². The van der Waals surface area contributed by atoms with E-state index in [9.17, 15) is 18.0 Å². The number of nitrogens with one attached hydrogen (secondary N) is 2. The third kappa shape index (κ3) is 3.33. The van der Waals surface area contributed by atoms with Gasteiger partial charge in [-0.25, -0.2) is 18.2 Å². The molecule has 1 unspecified atom stereocenters. The standard InChI is InChI=1S/C17H24N4O5S/c1-3-26-15-12(5-4-7-19-15)9-20-16(23)21-10-17(11-21)13(14(22)18-2)6-8-27(17,24)25/h4-5,7,13H,3,6,8-11H2,1-2H3,(H,18,22)(H,20,23). The van der Waals surface area contributed by atoms with Crippen molar-refractivity contribution in [2.75, 3.05) is 32.5 Å². The van der Waals surface area contributed by atoms with E-state index < -0.39 is 20.5 Å². The molecule has 10 heteroatoms. The average molecular weight is 396 g/mol. The Morgan fingerprint density at radius 1 is 1.41 bits per heavy atom. The fraction of sp³-hybridized carbons (Fsp3) is 0.588. The van der Waals surface area contributed by atoms with Gasteiger partial charge >= 0.3 is 6.03 Å². The largest absolute Gasteiger partial charge is 0.478 e. The highest BCUT2D eigenvalue weighted by Crippen LogP contribution is 2.44. The number of rotatable bonds is 5. The van der Waals surface area contributed by atoms with Crippen LogP contribution in [0, 0.1) is 5.92 Å². The molecular weight excluding hydrogens is 372 g/mol. The highest BCUT2D eigenvalue weighted by Gasteiger charge is 2.64. The van der Waals surface area contributed by atoms with Crippen LogP contribution in [-0.4, -0.2) is 67.5 Å². The zero-order chi connectivity index (χ0) is 19.7. The maximum atomic E-state index is 12.5. The van der Waals surface area contributed by atoms with Crippen LogP contribution in [0.1, 0.15) is 18.9 Å². The van der Waals surface area contributed by atoms with Crippen LogP contribution in [-0.2, 0) is 21.2 Å². The minimum Gasteiger partial charge on any atom is -0.478 e. The molecule has 1 aromatic rings. The number of carbonyl (C=O) groups is 2. The molecule has 0 aromatic carbocycles. The van der Waals surface area contributed by atoms with Crippen LogP contribution in [0.3, 0.4) is 0 Å². The second kappa shape index (κ2) is 7.34. The molecule has 3 amide bonds. The summed E-state index contributed by atoms with van der Waals surface area (Å²) >= 11 is 0. The molecule has 1 spiro atoms. The van der Waals surface area contributed by atoms with Gasteiger partial charge in [-0.15, -0.1) is 0 Å². The van der Waals surface area contributed by atoms with E-state index in [0.29, 0.717) is 18.9 Å². The lowest BCUT2D eigenvalue weighted by atomic mass is 9.83. The third-order valence-corrected chi connectivity index (χ3v) is 7.81. The van der Waals surface area contributed by atoms with Crippen LogP contribution in [0.2, 0.25) is 0 Å². The smallest absolute Gasteiger partial charge is 0.317 e. The van der Waals surface area contributed by atoms with Crippen LogP contribution in [0.4, 0.5) is 4.79 Å². The van der Waals surface area contributed by atoms with Crippen molar-refractivity contribution in [3.8, 4) is 5.88 Å². The second-order valence-electron chi connectivity index (χ2n) is 6.75. The molecule has 2 fully saturated rings. The van der Waals surface area contributed by atoms with Crippen molar-refractivity contribution in [1.29, 1.82) is 0 Å². The Bertz CT molecular complexity index is 835. The van der Waals surface area contributed by atoms with Gasteiger partial charge in [0.05, 0.1) is 18.3 Å². The summed E-state index contributed by atoms with van der Waals surface area (Å²) in [6, 6.07) is 3.19. The lowest BCUT2D eigenvalue weighted by molar-refractivity contribution is -0.126. The monoisotopic (exact) mass is 396 g/mol. The van der Waals surface area contributed by atoms with Gasteiger partial charge in [0, 0.05) is 38.4 Å². The highest BCUT2D eigenvalue weighted by molar-refractivity contribution is 7.93. The molecule has 3 heterocycles. The van der Waals surface area contributed by atoms with E-state index in [1.54, 1.807) is 18.3 Å². The number of amides is 3. The fourth-order valence-corrected chi connectivity index (χ4v) is 6.08. The van der Waals surface area contributed by atoms with Gasteiger partial charge in [0.25, 0.3) is 0 Å². The van der Waals surface area contributed by atoms with Crippen molar-refractivity contribution >= 4 is 21.8 Å². The molecule has 3 rings (SSSR count). The number of nitrogens with zero attached hydrogens (tertiary/aromatic N) is 2. The number of hydrogen-bond acceptors (Lipinski definition) is 6. The van der Waals surface area contributed by atoms with E-state index in [2.05, 4.69) is 15.6 Å². The van der Waals surface area contributed by atoms with E-state index in [0.717, 1.165) is 5.56 Å². The molecule has 9 nitrogen and oxygen atoms in total. The normalized spacial score (nSPS) is 22.1. The number of urea groups is 1. The van der Waals surface area contributed by atoms with Crippen molar-refractivity contribution in [2.24, 2.45) is 5.92 Å². The van der Waals surface area contributed by atoms with Gasteiger partial charge in [0.15, 0.2) is 9.84 Å². The Balaban J connectivity index is 1.63. The molecule has 1 atom stereocenters. The lowest BCUT2D eigenvalue weighted by Gasteiger charge is -2.49. The van der Waals surface area contributed by atoms with Crippen molar-refractivity contribution < 1.29 is 22.7 Å². The van der Waals surface area contributed by atoms with Crippen LogP contribution in [0.5, 0.6) is 5.88 Å².